The van der Waals surface area contributed by atoms with Gasteiger partial charge in [-0.3, -0.25) is 14.4 Å². The highest BCUT2D eigenvalue weighted by molar-refractivity contribution is 6.35. The third-order valence-corrected chi connectivity index (χ3v) is 5.58. The van der Waals surface area contributed by atoms with E-state index < -0.39 is 11.8 Å². The zero-order valence-corrected chi connectivity index (χ0v) is 22.8. The molecule has 0 aliphatic rings. The standard InChI is InChI=1S/C29H32N4O7/c1-19-6-5-7-22(14-19)32-27(34)18-40-24-11-9-21(16-26(24)39-4)17-31-33-29(36)28(35)30-13-12-20-8-10-23(37-2)25(15-20)38-3/h5-11,14-17H,12-13,18H2,1-4H3,(H,30,35)(H,32,34)(H,33,36)/b31-17-. The van der Waals surface area contributed by atoms with Crippen LogP contribution in [-0.2, 0) is 20.8 Å². The lowest BCUT2D eigenvalue weighted by molar-refractivity contribution is -0.139. The summed E-state index contributed by atoms with van der Waals surface area (Å²) < 4.78 is 21.4. The molecule has 0 bridgehead atoms. The fourth-order valence-corrected chi connectivity index (χ4v) is 3.60. The van der Waals surface area contributed by atoms with Crippen LogP contribution in [0.15, 0.2) is 65.8 Å². The van der Waals surface area contributed by atoms with Crippen molar-refractivity contribution in [2.45, 2.75) is 13.3 Å². The van der Waals surface area contributed by atoms with E-state index in [1.807, 2.05) is 31.2 Å². The molecule has 3 N–H and O–H groups in total. The maximum Gasteiger partial charge on any atom is 0.329 e. The van der Waals surface area contributed by atoms with Gasteiger partial charge in [0, 0.05) is 12.2 Å². The molecular weight excluding hydrogens is 516 g/mol. The number of amides is 3. The van der Waals surface area contributed by atoms with Crippen molar-refractivity contribution < 1.29 is 33.3 Å². The smallest absolute Gasteiger partial charge is 0.329 e. The molecule has 11 heteroatoms. The van der Waals surface area contributed by atoms with Gasteiger partial charge in [0.2, 0.25) is 0 Å². The van der Waals surface area contributed by atoms with Gasteiger partial charge < -0.3 is 29.6 Å². The van der Waals surface area contributed by atoms with Gasteiger partial charge in [0.05, 0.1) is 27.5 Å². The molecule has 11 nitrogen and oxygen atoms in total. The Labute approximate surface area is 232 Å². The van der Waals surface area contributed by atoms with Crippen LogP contribution in [0.3, 0.4) is 0 Å². The number of rotatable bonds is 12. The normalized spacial score (nSPS) is 10.5. The van der Waals surface area contributed by atoms with Crippen LogP contribution in [0.5, 0.6) is 23.0 Å². The minimum absolute atomic E-state index is 0.213. The summed E-state index contributed by atoms with van der Waals surface area (Å²) >= 11 is 0. The van der Waals surface area contributed by atoms with Crippen molar-refractivity contribution in [3.63, 3.8) is 0 Å². The van der Waals surface area contributed by atoms with Gasteiger partial charge in [0.25, 0.3) is 5.91 Å². The number of carbonyl (C=O) groups excluding carboxylic acids is 3. The van der Waals surface area contributed by atoms with Crippen LogP contribution in [0.25, 0.3) is 0 Å². The third kappa shape index (κ3) is 8.76. The van der Waals surface area contributed by atoms with Crippen molar-refractivity contribution in [2.75, 3.05) is 39.8 Å². The number of methoxy groups -OCH3 is 3. The number of ether oxygens (including phenoxy) is 4. The fourth-order valence-electron chi connectivity index (χ4n) is 3.60. The molecule has 0 saturated carbocycles. The summed E-state index contributed by atoms with van der Waals surface area (Å²) in [6.45, 7) is 1.97. The molecule has 0 aliphatic heterocycles. The number of hydrazone groups is 1. The first-order valence-corrected chi connectivity index (χ1v) is 12.3. The van der Waals surface area contributed by atoms with Crippen molar-refractivity contribution in [2.24, 2.45) is 5.10 Å². The second-order valence-corrected chi connectivity index (χ2v) is 8.51. The Morgan fingerprint density at radius 2 is 1.55 bits per heavy atom. The summed E-state index contributed by atoms with van der Waals surface area (Å²) in [5, 5.41) is 9.14. The fraction of sp³-hybridized carbons (Fsp3) is 0.241. The van der Waals surface area contributed by atoms with E-state index >= 15 is 0 Å². The second kappa shape index (κ2) is 14.8. The van der Waals surface area contributed by atoms with Crippen LogP contribution in [0.2, 0.25) is 0 Å². The molecule has 3 rings (SSSR count). The average Bonchev–Trinajstić information content (AvgIpc) is 2.96. The van der Waals surface area contributed by atoms with Crippen molar-refractivity contribution in [1.82, 2.24) is 10.7 Å². The summed E-state index contributed by atoms with van der Waals surface area (Å²) in [7, 11) is 4.56. The van der Waals surface area contributed by atoms with E-state index in [9.17, 15) is 14.4 Å². The highest BCUT2D eigenvalue weighted by Crippen LogP contribution is 2.28. The van der Waals surface area contributed by atoms with Crippen molar-refractivity contribution in [1.29, 1.82) is 0 Å². The van der Waals surface area contributed by atoms with E-state index in [0.29, 0.717) is 40.7 Å². The number of hydrogen-bond donors (Lipinski definition) is 3. The summed E-state index contributed by atoms with van der Waals surface area (Å²) in [6, 6.07) is 17.8. The Kier molecular flexibility index (Phi) is 10.9. The van der Waals surface area contributed by atoms with Gasteiger partial charge in [0.15, 0.2) is 29.6 Å². The molecule has 0 aliphatic carbocycles. The first-order chi connectivity index (χ1) is 19.3. The van der Waals surface area contributed by atoms with E-state index in [2.05, 4.69) is 21.2 Å². The van der Waals surface area contributed by atoms with E-state index in [0.717, 1.165) is 11.1 Å². The van der Waals surface area contributed by atoms with Crippen LogP contribution in [-0.4, -0.2) is 58.4 Å². The Hall–Kier alpha value is -5.06. The van der Waals surface area contributed by atoms with Crippen molar-refractivity contribution in [3.8, 4) is 23.0 Å². The number of benzene rings is 3. The van der Waals surface area contributed by atoms with Gasteiger partial charge in [-0.15, -0.1) is 0 Å². The van der Waals surface area contributed by atoms with E-state index in [-0.39, 0.29) is 19.1 Å². The molecular formula is C29H32N4O7. The summed E-state index contributed by atoms with van der Waals surface area (Å²) in [5.74, 6) is -0.128. The molecule has 210 valence electrons. The minimum atomic E-state index is -0.907. The van der Waals surface area contributed by atoms with Crippen molar-refractivity contribution in [3.05, 3.63) is 77.4 Å². The highest BCUT2D eigenvalue weighted by Gasteiger charge is 2.13. The largest absolute Gasteiger partial charge is 0.493 e. The molecule has 40 heavy (non-hydrogen) atoms. The zero-order chi connectivity index (χ0) is 28.9. The van der Waals surface area contributed by atoms with Gasteiger partial charge in [-0.25, -0.2) is 5.43 Å². The topological polar surface area (TPSA) is 137 Å². The number of carbonyl (C=O) groups is 3. The molecule has 0 spiro atoms. The minimum Gasteiger partial charge on any atom is -0.493 e. The molecule has 0 aromatic heterocycles. The molecule has 0 heterocycles. The molecule has 0 radical (unpaired) electrons. The zero-order valence-electron chi connectivity index (χ0n) is 22.8. The Morgan fingerprint density at radius 3 is 2.27 bits per heavy atom. The van der Waals surface area contributed by atoms with Gasteiger partial charge >= 0.3 is 11.8 Å². The molecule has 0 unspecified atom stereocenters. The summed E-state index contributed by atoms with van der Waals surface area (Å²) in [5.41, 5.74) is 5.38. The van der Waals surface area contributed by atoms with Gasteiger partial charge in [0.1, 0.15) is 0 Å². The molecule has 0 fully saturated rings. The number of aryl methyl sites for hydroxylation is 1. The lowest BCUT2D eigenvalue weighted by atomic mass is 10.1. The van der Waals surface area contributed by atoms with E-state index in [1.165, 1.54) is 13.3 Å². The van der Waals surface area contributed by atoms with Crippen molar-refractivity contribution >= 4 is 29.6 Å². The highest BCUT2D eigenvalue weighted by atomic mass is 16.5. The maximum atomic E-state index is 12.2. The van der Waals surface area contributed by atoms with Gasteiger partial charge in [-0.1, -0.05) is 18.2 Å². The molecule has 0 atom stereocenters. The average molecular weight is 549 g/mol. The van der Waals surface area contributed by atoms with Crippen LogP contribution in [0.1, 0.15) is 16.7 Å². The van der Waals surface area contributed by atoms with Crippen LogP contribution in [0, 0.1) is 6.92 Å². The van der Waals surface area contributed by atoms with Crippen LogP contribution < -0.4 is 35.0 Å². The number of anilines is 1. The molecule has 3 aromatic carbocycles. The number of nitrogens with zero attached hydrogens (tertiary/aromatic N) is 1. The monoisotopic (exact) mass is 548 g/mol. The number of hydrogen-bond acceptors (Lipinski definition) is 8. The first-order valence-electron chi connectivity index (χ1n) is 12.3. The Bertz CT molecular complexity index is 1370. The summed E-state index contributed by atoms with van der Waals surface area (Å²) in [4.78, 5) is 36.4. The SMILES string of the molecule is COc1ccc(CCNC(=O)C(=O)N/N=C\c2ccc(OCC(=O)Nc3cccc(C)c3)c(OC)c2)cc1OC. The Morgan fingerprint density at radius 1 is 0.825 bits per heavy atom. The van der Waals surface area contributed by atoms with E-state index in [4.69, 9.17) is 18.9 Å². The molecule has 3 aromatic rings. The Balaban J connectivity index is 1.45. The van der Waals surface area contributed by atoms with E-state index in [1.54, 1.807) is 50.6 Å². The molecule has 3 amide bonds. The summed E-state index contributed by atoms with van der Waals surface area (Å²) in [6.07, 6.45) is 1.84. The van der Waals surface area contributed by atoms with Crippen LogP contribution >= 0.6 is 0 Å². The lowest BCUT2D eigenvalue weighted by Crippen LogP contribution is -2.38. The van der Waals surface area contributed by atoms with Crippen LogP contribution in [0.4, 0.5) is 5.69 Å². The predicted molar refractivity (Wildman–Crippen MR) is 150 cm³/mol. The first kappa shape index (κ1) is 29.5. The predicted octanol–water partition coefficient (Wildman–Crippen LogP) is 2.85. The number of nitrogens with one attached hydrogen (secondary N) is 3. The lowest BCUT2D eigenvalue weighted by Gasteiger charge is -2.11. The maximum absolute atomic E-state index is 12.2. The molecule has 0 saturated heterocycles. The second-order valence-electron chi connectivity index (χ2n) is 8.51. The third-order valence-electron chi connectivity index (χ3n) is 5.58. The quantitative estimate of drug-likeness (QED) is 0.180. The van der Waals surface area contributed by atoms with Gasteiger partial charge in [-0.05, 0) is 72.5 Å². The van der Waals surface area contributed by atoms with Gasteiger partial charge in [-0.2, -0.15) is 5.10 Å².